The number of nitrogens with zero attached hydrogens (tertiary/aromatic N) is 2. The molecule has 6 heteroatoms. The molecular formula is C15H18N2O3S. The van der Waals surface area contributed by atoms with E-state index >= 15 is 0 Å². The van der Waals surface area contributed by atoms with Crippen LogP contribution in [0.4, 0.5) is 0 Å². The minimum atomic E-state index is -1.16. The Balaban J connectivity index is 2.09. The average Bonchev–Trinajstić information content (AvgIpc) is 2.79. The lowest BCUT2D eigenvalue weighted by atomic mass is 10.2. The van der Waals surface area contributed by atoms with Crippen LogP contribution >= 0.6 is 0 Å². The SMILES string of the molecule is CCc1cc(CS(=O)c2ccc(CC(=O)O)cc2)n(C)n1. The number of hydrogen-bond donors (Lipinski definition) is 1. The standard InChI is InChI=1S/C15H18N2O3S/c1-3-12-9-13(17(2)16-12)10-21(20)14-6-4-11(5-7-14)8-15(18)19/h4-7,9H,3,8,10H2,1-2H3,(H,18,19). The van der Waals surface area contributed by atoms with Crippen LogP contribution in [-0.2, 0) is 41.2 Å². The van der Waals surface area contributed by atoms with Crippen molar-refractivity contribution in [2.75, 3.05) is 0 Å². The van der Waals surface area contributed by atoms with Crippen molar-refractivity contribution >= 4 is 16.8 Å². The van der Waals surface area contributed by atoms with Gasteiger partial charge >= 0.3 is 5.97 Å². The van der Waals surface area contributed by atoms with E-state index in [1.54, 1.807) is 28.9 Å². The van der Waals surface area contributed by atoms with Gasteiger partial charge in [0, 0.05) is 11.9 Å². The van der Waals surface area contributed by atoms with Crippen molar-refractivity contribution in [3.8, 4) is 0 Å². The fourth-order valence-corrected chi connectivity index (χ4v) is 3.18. The van der Waals surface area contributed by atoms with Gasteiger partial charge in [-0.3, -0.25) is 13.7 Å². The number of rotatable bonds is 6. The molecule has 0 aliphatic carbocycles. The molecule has 2 aromatic rings. The second kappa shape index (κ2) is 6.67. The number of aryl methyl sites for hydroxylation is 2. The summed E-state index contributed by atoms with van der Waals surface area (Å²) in [5.41, 5.74) is 2.62. The van der Waals surface area contributed by atoms with E-state index in [-0.39, 0.29) is 6.42 Å². The van der Waals surface area contributed by atoms with Crippen LogP contribution in [0.2, 0.25) is 0 Å². The molecule has 0 aliphatic rings. The first-order chi connectivity index (χ1) is 9.99. The van der Waals surface area contributed by atoms with Crippen LogP contribution in [0, 0.1) is 0 Å². The zero-order chi connectivity index (χ0) is 15.4. The number of carboxylic acids is 1. The molecule has 1 aromatic carbocycles. The molecule has 1 atom stereocenters. The Morgan fingerprint density at radius 2 is 2.00 bits per heavy atom. The van der Waals surface area contributed by atoms with Gasteiger partial charge in [0.1, 0.15) is 0 Å². The van der Waals surface area contributed by atoms with Crippen LogP contribution in [-0.4, -0.2) is 25.1 Å². The van der Waals surface area contributed by atoms with Crippen molar-refractivity contribution in [1.29, 1.82) is 0 Å². The molecule has 0 saturated carbocycles. The third-order valence-electron chi connectivity index (χ3n) is 3.21. The summed E-state index contributed by atoms with van der Waals surface area (Å²) in [4.78, 5) is 11.3. The van der Waals surface area contributed by atoms with Crippen molar-refractivity contribution < 1.29 is 14.1 Å². The van der Waals surface area contributed by atoms with Gasteiger partial charge in [0.2, 0.25) is 0 Å². The normalized spacial score (nSPS) is 12.3. The Hall–Kier alpha value is -1.95. The second-order valence-electron chi connectivity index (χ2n) is 4.81. The van der Waals surface area contributed by atoms with Gasteiger partial charge in [-0.05, 0) is 30.2 Å². The molecule has 1 N–H and O–H groups in total. The first-order valence-corrected chi connectivity index (χ1v) is 8.02. The van der Waals surface area contributed by atoms with Gasteiger partial charge < -0.3 is 5.11 Å². The van der Waals surface area contributed by atoms with Crippen LogP contribution < -0.4 is 0 Å². The van der Waals surface area contributed by atoms with E-state index in [1.165, 1.54) is 0 Å². The fourth-order valence-electron chi connectivity index (χ4n) is 2.03. The number of hydrogen-bond acceptors (Lipinski definition) is 3. The quantitative estimate of drug-likeness (QED) is 0.885. The Bertz CT molecular complexity index is 662. The van der Waals surface area contributed by atoms with Crippen molar-refractivity contribution in [1.82, 2.24) is 9.78 Å². The molecule has 112 valence electrons. The average molecular weight is 306 g/mol. The number of aromatic nitrogens is 2. The lowest BCUT2D eigenvalue weighted by Crippen LogP contribution is -2.04. The zero-order valence-electron chi connectivity index (χ0n) is 12.1. The summed E-state index contributed by atoms with van der Waals surface area (Å²) in [6, 6.07) is 8.85. The molecule has 0 amide bonds. The molecule has 0 radical (unpaired) electrons. The summed E-state index contributed by atoms with van der Waals surface area (Å²) >= 11 is 0. The number of aliphatic carboxylic acids is 1. The molecule has 0 spiro atoms. The topological polar surface area (TPSA) is 72.2 Å². The summed E-state index contributed by atoms with van der Waals surface area (Å²) in [6.45, 7) is 2.03. The highest BCUT2D eigenvalue weighted by molar-refractivity contribution is 7.84. The summed E-state index contributed by atoms with van der Waals surface area (Å²) in [6.07, 6.45) is 0.832. The van der Waals surface area contributed by atoms with E-state index in [2.05, 4.69) is 5.10 Å². The van der Waals surface area contributed by atoms with Crippen molar-refractivity contribution in [2.24, 2.45) is 7.05 Å². The molecule has 5 nitrogen and oxygen atoms in total. The third-order valence-corrected chi connectivity index (χ3v) is 4.57. The highest BCUT2D eigenvalue weighted by Gasteiger charge is 2.10. The van der Waals surface area contributed by atoms with Crippen LogP contribution in [0.1, 0.15) is 23.9 Å². The third kappa shape index (κ3) is 4.01. The van der Waals surface area contributed by atoms with E-state index in [4.69, 9.17) is 5.11 Å². The minimum Gasteiger partial charge on any atom is -0.481 e. The Labute approximate surface area is 126 Å². The Morgan fingerprint density at radius 1 is 1.33 bits per heavy atom. The van der Waals surface area contributed by atoms with E-state index in [0.717, 1.165) is 17.8 Å². The Morgan fingerprint density at radius 3 is 2.52 bits per heavy atom. The van der Waals surface area contributed by atoms with Gasteiger partial charge in [0.05, 0.1) is 34.4 Å². The maximum Gasteiger partial charge on any atom is 0.307 e. The molecule has 1 unspecified atom stereocenters. The van der Waals surface area contributed by atoms with Crippen molar-refractivity contribution in [3.05, 3.63) is 47.3 Å². The van der Waals surface area contributed by atoms with Crippen LogP contribution in [0.3, 0.4) is 0 Å². The molecule has 0 saturated heterocycles. The van der Waals surface area contributed by atoms with Gasteiger partial charge in [0.15, 0.2) is 0 Å². The summed E-state index contributed by atoms with van der Waals surface area (Å²) < 4.78 is 14.1. The maximum absolute atomic E-state index is 12.4. The zero-order valence-corrected chi connectivity index (χ0v) is 12.9. The minimum absolute atomic E-state index is 0.0193. The molecule has 1 heterocycles. The van der Waals surface area contributed by atoms with Crippen molar-refractivity contribution in [2.45, 2.75) is 30.4 Å². The number of carbonyl (C=O) groups is 1. The monoisotopic (exact) mass is 306 g/mol. The van der Waals surface area contributed by atoms with E-state index in [1.807, 2.05) is 20.0 Å². The van der Waals surface area contributed by atoms with Crippen molar-refractivity contribution in [3.63, 3.8) is 0 Å². The van der Waals surface area contributed by atoms with Gasteiger partial charge in [-0.25, -0.2) is 0 Å². The number of benzene rings is 1. The smallest absolute Gasteiger partial charge is 0.307 e. The lowest BCUT2D eigenvalue weighted by Gasteiger charge is -2.04. The van der Waals surface area contributed by atoms with Crippen LogP contribution in [0.5, 0.6) is 0 Å². The van der Waals surface area contributed by atoms with E-state index in [0.29, 0.717) is 16.2 Å². The highest BCUT2D eigenvalue weighted by atomic mass is 32.2. The Kier molecular flexibility index (Phi) is 4.90. The predicted molar refractivity (Wildman–Crippen MR) is 80.5 cm³/mol. The molecule has 0 fully saturated rings. The lowest BCUT2D eigenvalue weighted by molar-refractivity contribution is -0.136. The first kappa shape index (κ1) is 15.4. The molecule has 0 aliphatic heterocycles. The number of carboxylic acid groups (broad SMARTS) is 1. The molecule has 21 heavy (non-hydrogen) atoms. The highest BCUT2D eigenvalue weighted by Crippen LogP contribution is 2.14. The molecular weight excluding hydrogens is 288 g/mol. The second-order valence-corrected chi connectivity index (χ2v) is 6.26. The van der Waals surface area contributed by atoms with Gasteiger partial charge in [-0.2, -0.15) is 5.10 Å². The maximum atomic E-state index is 12.4. The molecule has 1 aromatic heterocycles. The fraction of sp³-hybridized carbons (Fsp3) is 0.333. The van der Waals surface area contributed by atoms with Gasteiger partial charge in [-0.1, -0.05) is 19.1 Å². The van der Waals surface area contributed by atoms with E-state index in [9.17, 15) is 9.00 Å². The summed E-state index contributed by atoms with van der Waals surface area (Å²) in [7, 11) is 0.686. The predicted octanol–water partition coefficient (Wildman–Crippen LogP) is 1.92. The van der Waals surface area contributed by atoms with Crippen LogP contribution in [0.15, 0.2) is 35.2 Å². The largest absolute Gasteiger partial charge is 0.481 e. The van der Waals surface area contributed by atoms with Gasteiger partial charge in [0.25, 0.3) is 0 Å². The molecule has 2 rings (SSSR count). The first-order valence-electron chi connectivity index (χ1n) is 6.70. The van der Waals surface area contributed by atoms with E-state index < -0.39 is 16.8 Å². The summed E-state index contributed by atoms with van der Waals surface area (Å²) in [5, 5.41) is 13.1. The van der Waals surface area contributed by atoms with Gasteiger partial charge in [-0.15, -0.1) is 0 Å². The summed E-state index contributed by atoms with van der Waals surface area (Å²) in [5.74, 6) is -0.465. The van der Waals surface area contributed by atoms with Crippen LogP contribution in [0.25, 0.3) is 0 Å². The molecule has 0 bridgehead atoms.